The number of hydrogen-bond donors (Lipinski definition) is 1. The molecular weight excluding hydrogens is 331 g/mol. The Labute approximate surface area is 139 Å². The van der Waals surface area contributed by atoms with Crippen LogP contribution in [0.3, 0.4) is 0 Å². The van der Waals surface area contributed by atoms with Crippen molar-refractivity contribution in [3.8, 4) is 0 Å². The summed E-state index contributed by atoms with van der Waals surface area (Å²) in [4.78, 5) is 1.41. The highest BCUT2D eigenvalue weighted by Crippen LogP contribution is 2.19. The van der Waals surface area contributed by atoms with Crippen molar-refractivity contribution in [1.29, 1.82) is 0 Å². The molecule has 8 heteroatoms. The molecule has 0 amide bonds. The molecule has 124 valence electrons. The minimum absolute atomic E-state index is 0.00162. The Morgan fingerprint density at radius 2 is 1.62 bits per heavy atom. The predicted molar refractivity (Wildman–Crippen MR) is 85.9 cm³/mol. The number of aromatic nitrogens is 3. The van der Waals surface area contributed by atoms with Crippen molar-refractivity contribution in [3.63, 3.8) is 0 Å². The summed E-state index contributed by atoms with van der Waals surface area (Å²) in [5, 5.41) is 8.03. The lowest BCUT2D eigenvalue weighted by molar-refractivity contribution is 0.444. The fourth-order valence-corrected chi connectivity index (χ4v) is 3.48. The molecule has 0 aliphatic carbocycles. The Morgan fingerprint density at radius 3 is 2.25 bits per heavy atom. The molecule has 0 radical (unpaired) electrons. The molecule has 1 aromatic heterocycles. The summed E-state index contributed by atoms with van der Waals surface area (Å²) in [6.45, 7) is 0.234. The molecule has 1 atom stereocenters. The average Bonchev–Trinajstić information content (AvgIpc) is 3.08. The van der Waals surface area contributed by atoms with Gasteiger partial charge in [0.25, 0.3) is 0 Å². The van der Waals surface area contributed by atoms with Crippen molar-refractivity contribution in [2.75, 3.05) is 0 Å². The van der Waals surface area contributed by atoms with Crippen molar-refractivity contribution in [2.45, 2.75) is 17.5 Å². The van der Waals surface area contributed by atoms with E-state index in [9.17, 15) is 12.8 Å². The zero-order chi connectivity index (χ0) is 17.0. The first-order chi connectivity index (χ1) is 11.5. The van der Waals surface area contributed by atoms with Crippen molar-refractivity contribution < 1.29 is 12.8 Å². The summed E-state index contributed by atoms with van der Waals surface area (Å²) in [5.74, 6) is -0.491. The maximum absolute atomic E-state index is 13.0. The Kier molecular flexibility index (Phi) is 4.68. The van der Waals surface area contributed by atoms with Gasteiger partial charge in [0, 0.05) is 0 Å². The van der Waals surface area contributed by atoms with Gasteiger partial charge < -0.3 is 0 Å². The SMILES string of the molecule is O=S(=O)(NC(Cn1nccn1)c1ccccc1)c1ccc(F)cc1. The quantitative estimate of drug-likeness (QED) is 0.742. The second-order valence-corrected chi connectivity index (χ2v) is 6.84. The maximum Gasteiger partial charge on any atom is 0.241 e. The third-order valence-electron chi connectivity index (χ3n) is 3.44. The third-order valence-corrected chi connectivity index (χ3v) is 4.92. The zero-order valence-corrected chi connectivity index (χ0v) is 13.4. The van der Waals surface area contributed by atoms with Gasteiger partial charge in [0.15, 0.2) is 0 Å². The summed E-state index contributed by atoms with van der Waals surface area (Å²) >= 11 is 0. The van der Waals surface area contributed by atoms with Gasteiger partial charge >= 0.3 is 0 Å². The topological polar surface area (TPSA) is 76.9 Å². The summed E-state index contributed by atoms with van der Waals surface area (Å²) in [5.41, 5.74) is 0.778. The van der Waals surface area contributed by atoms with Crippen LogP contribution < -0.4 is 4.72 Å². The van der Waals surface area contributed by atoms with Crippen LogP contribution in [0.5, 0.6) is 0 Å². The van der Waals surface area contributed by atoms with Crippen molar-refractivity contribution in [2.24, 2.45) is 0 Å². The van der Waals surface area contributed by atoms with Crippen LogP contribution in [0.15, 0.2) is 71.9 Å². The number of benzene rings is 2. The number of nitrogens with one attached hydrogen (secondary N) is 1. The highest BCUT2D eigenvalue weighted by Gasteiger charge is 2.22. The first-order valence-corrected chi connectivity index (χ1v) is 8.70. The third kappa shape index (κ3) is 3.84. The van der Waals surface area contributed by atoms with Gasteiger partial charge in [-0.25, -0.2) is 17.5 Å². The van der Waals surface area contributed by atoms with Crippen LogP contribution in [0.4, 0.5) is 4.39 Å². The molecule has 6 nitrogen and oxygen atoms in total. The number of sulfonamides is 1. The van der Waals surface area contributed by atoms with Crippen LogP contribution in [0, 0.1) is 5.82 Å². The molecule has 1 N–H and O–H groups in total. The first-order valence-electron chi connectivity index (χ1n) is 7.21. The highest BCUT2D eigenvalue weighted by atomic mass is 32.2. The van der Waals surface area contributed by atoms with Crippen LogP contribution in [0.2, 0.25) is 0 Å². The fraction of sp³-hybridized carbons (Fsp3) is 0.125. The summed E-state index contributed by atoms with van der Waals surface area (Å²) in [7, 11) is -3.81. The average molecular weight is 346 g/mol. The largest absolute Gasteiger partial charge is 0.241 e. The Bertz CT molecular complexity index is 882. The Balaban J connectivity index is 1.89. The first kappa shape index (κ1) is 16.3. The monoisotopic (exact) mass is 346 g/mol. The van der Waals surface area contributed by atoms with E-state index in [-0.39, 0.29) is 11.4 Å². The molecule has 3 aromatic rings. The Hall–Kier alpha value is -2.58. The van der Waals surface area contributed by atoms with E-state index >= 15 is 0 Å². The van der Waals surface area contributed by atoms with E-state index in [0.717, 1.165) is 17.7 Å². The van der Waals surface area contributed by atoms with Gasteiger partial charge in [-0.05, 0) is 29.8 Å². The molecule has 0 bridgehead atoms. The molecule has 0 saturated carbocycles. The molecule has 1 heterocycles. The molecule has 0 aliphatic heterocycles. The lowest BCUT2D eigenvalue weighted by Gasteiger charge is -2.19. The van der Waals surface area contributed by atoms with Crippen molar-refractivity contribution >= 4 is 10.0 Å². The number of nitrogens with zero attached hydrogens (tertiary/aromatic N) is 3. The van der Waals surface area contributed by atoms with Gasteiger partial charge in [0.1, 0.15) is 5.82 Å². The van der Waals surface area contributed by atoms with E-state index in [1.807, 2.05) is 30.3 Å². The number of halogens is 1. The van der Waals surface area contributed by atoms with Gasteiger partial charge in [-0.2, -0.15) is 15.0 Å². The van der Waals surface area contributed by atoms with Gasteiger partial charge in [0.05, 0.1) is 29.9 Å². The van der Waals surface area contributed by atoms with Gasteiger partial charge in [0.2, 0.25) is 10.0 Å². The zero-order valence-electron chi connectivity index (χ0n) is 12.6. The second-order valence-electron chi connectivity index (χ2n) is 5.12. The van der Waals surface area contributed by atoms with E-state index in [4.69, 9.17) is 0 Å². The minimum Gasteiger partial charge on any atom is -0.207 e. The normalized spacial score (nSPS) is 12.9. The molecule has 0 aliphatic rings. The highest BCUT2D eigenvalue weighted by molar-refractivity contribution is 7.89. The number of rotatable bonds is 6. The van der Waals surface area contributed by atoms with Crippen LogP contribution in [0.1, 0.15) is 11.6 Å². The molecular formula is C16H15FN4O2S. The van der Waals surface area contributed by atoms with Crippen LogP contribution >= 0.6 is 0 Å². The van der Waals surface area contributed by atoms with E-state index in [2.05, 4.69) is 14.9 Å². The van der Waals surface area contributed by atoms with Gasteiger partial charge in [-0.1, -0.05) is 30.3 Å². The molecule has 2 aromatic carbocycles. The van der Waals surface area contributed by atoms with E-state index < -0.39 is 21.9 Å². The van der Waals surface area contributed by atoms with Gasteiger partial charge in [-0.15, -0.1) is 0 Å². The van der Waals surface area contributed by atoms with Crippen molar-refractivity contribution in [3.05, 3.63) is 78.4 Å². The summed E-state index contributed by atoms with van der Waals surface area (Å²) in [6, 6.07) is 13.3. The molecule has 1 unspecified atom stereocenters. The lowest BCUT2D eigenvalue weighted by Crippen LogP contribution is -2.32. The molecule has 0 spiro atoms. The lowest BCUT2D eigenvalue weighted by atomic mass is 10.1. The molecule has 0 saturated heterocycles. The molecule has 3 rings (SSSR count). The number of hydrogen-bond acceptors (Lipinski definition) is 4. The van der Waals surface area contributed by atoms with Crippen LogP contribution in [0.25, 0.3) is 0 Å². The van der Waals surface area contributed by atoms with E-state index in [0.29, 0.717) is 0 Å². The van der Waals surface area contributed by atoms with Crippen LogP contribution in [-0.2, 0) is 16.6 Å². The smallest absolute Gasteiger partial charge is 0.207 e. The molecule has 0 fully saturated rings. The fourth-order valence-electron chi connectivity index (χ4n) is 2.27. The second kappa shape index (κ2) is 6.90. The van der Waals surface area contributed by atoms with Gasteiger partial charge in [-0.3, -0.25) is 0 Å². The predicted octanol–water partition coefficient (Wildman–Crippen LogP) is 2.14. The minimum atomic E-state index is -3.81. The van der Waals surface area contributed by atoms with E-state index in [1.165, 1.54) is 29.3 Å². The summed E-state index contributed by atoms with van der Waals surface area (Å²) < 4.78 is 40.8. The summed E-state index contributed by atoms with van der Waals surface area (Å²) in [6.07, 6.45) is 3.05. The van der Waals surface area contributed by atoms with Crippen LogP contribution in [-0.4, -0.2) is 23.4 Å². The van der Waals surface area contributed by atoms with E-state index in [1.54, 1.807) is 0 Å². The Morgan fingerprint density at radius 1 is 1.00 bits per heavy atom. The standard InChI is InChI=1S/C16H15FN4O2S/c17-14-6-8-15(9-7-14)24(22,23)20-16(12-21-18-10-11-19-21)13-4-2-1-3-5-13/h1-11,16,20H,12H2. The molecule has 24 heavy (non-hydrogen) atoms. The maximum atomic E-state index is 13.0. The van der Waals surface area contributed by atoms with Crippen molar-refractivity contribution in [1.82, 2.24) is 19.7 Å².